The standard InChI is InChI=1S/C9H10FNO3/c1-14-8-4-2-3-6(11-8)5-7(10)9(12)13/h2-4,7H,5H2,1H3,(H,12,13). The maximum Gasteiger partial charge on any atom is 0.338 e. The Bertz CT molecular complexity index is 330. The Morgan fingerprint density at radius 3 is 3.00 bits per heavy atom. The van der Waals surface area contributed by atoms with Crippen LogP contribution in [-0.4, -0.2) is 29.3 Å². The zero-order chi connectivity index (χ0) is 10.6. The zero-order valence-corrected chi connectivity index (χ0v) is 7.61. The van der Waals surface area contributed by atoms with Gasteiger partial charge in [-0.2, -0.15) is 0 Å². The zero-order valence-electron chi connectivity index (χ0n) is 7.61. The van der Waals surface area contributed by atoms with Gasteiger partial charge in [0, 0.05) is 18.2 Å². The molecule has 0 amide bonds. The van der Waals surface area contributed by atoms with Crippen LogP contribution in [0, 0.1) is 0 Å². The fourth-order valence-corrected chi connectivity index (χ4v) is 0.956. The van der Waals surface area contributed by atoms with Gasteiger partial charge in [0.2, 0.25) is 12.1 Å². The second kappa shape index (κ2) is 4.55. The van der Waals surface area contributed by atoms with Gasteiger partial charge in [-0.1, -0.05) is 6.07 Å². The summed E-state index contributed by atoms with van der Waals surface area (Å²) in [6, 6.07) is 4.80. The molecule has 14 heavy (non-hydrogen) atoms. The second-order valence-electron chi connectivity index (χ2n) is 2.68. The number of hydrogen-bond donors (Lipinski definition) is 1. The first-order chi connectivity index (χ1) is 6.63. The number of nitrogens with zero attached hydrogens (tertiary/aromatic N) is 1. The molecule has 0 aliphatic rings. The number of hydrogen-bond acceptors (Lipinski definition) is 3. The third-order valence-electron chi connectivity index (χ3n) is 1.65. The molecule has 1 atom stereocenters. The van der Waals surface area contributed by atoms with Crippen LogP contribution in [0.15, 0.2) is 18.2 Å². The summed E-state index contributed by atoms with van der Waals surface area (Å²) < 4.78 is 17.6. The van der Waals surface area contributed by atoms with Gasteiger partial charge in [-0.15, -0.1) is 0 Å². The van der Waals surface area contributed by atoms with Gasteiger partial charge in [-0.3, -0.25) is 0 Å². The smallest absolute Gasteiger partial charge is 0.338 e. The average Bonchev–Trinajstić information content (AvgIpc) is 2.18. The molecule has 0 spiro atoms. The van der Waals surface area contributed by atoms with E-state index >= 15 is 0 Å². The molecular formula is C9H10FNO3. The minimum atomic E-state index is -1.92. The van der Waals surface area contributed by atoms with Crippen LogP contribution >= 0.6 is 0 Å². The van der Waals surface area contributed by atoms with E-state index in [1.165, 1.54) is 7.11 Å². The van der Waals surface area contributed by atoms with Gasteiger partial charge in [0.15, 0.2) is 0 Å². The second-order valence-corrected chi connectivity index (χ2v) is 2.68. The van der Waals surface area contributed by atoms with Crippen molar-refractivity contribution in [2.75, 3.05) is 7.11 Å². The summed E-state index contributed by atoms with van der Waals surface area (Å²) in [6.45, 7) is 0. The molecule has 1 aromatic rings. The first kappa shape index (κ1) is 10.4. The predicted molar refractivity (Wildman–Crippen MR) is 47.0 cm³/mol. The Labute approximate surface area is 80.3 Å². The molecule has 0 saturated heterocycles. The first-order valence-corrected chi connectivity index (χ1v) is 4.00. The van der Waals surface area contributed by atoms with Gasteiger partial charge in [0.05, 0.1) is 7.11 Å². The average molecular weight is 199 g/mol. The van der Waals surface area contributed by atoms with Crippen LogP contribution in [0.2, 0.25) is 0 Å². The third kappa shape index (κ3) is 2.69. The highest BCUT2D eigenvalue weighted by Crippen LogP contribution is 2.09. The Morgan fingerprint density at radius 2 is 2.43 bits per heavy atom. The summed E-state index contributed by atoms with van der Waals surface area (Å²) in [5.74, 6) is -1.13. The third-order valence-corrected chi connectivity index (χ3v) is 1.65. The van der Waals surface area contributed by atoms with E-state index in [0.29, 0.717) is 11.6 Å². The van der Waals surface area contributed by atoms with E-state index in [-0.39, 0.29) is 6.42 Å². The lowest BCUT2D eigenvalue weighted by Crippen LogP contribution is -2.17. The van der Waals surface area contributed by atoms with Crippen molar-refractivity contribution in [2.45, 2.75) is 12.6 Å². The molecule has 76 valence electrons. The predicted octanol–water partition coefficient (Wildman–Crippen LogP) is 1.06. The fourth-order valence-electron chi connectivity index (χ4n) is 0.956. The van der Waals surface area contributed by atoms with Crippen LogP contribution in [0.25, 0.3) is 0 Å². The Hall–Kier alpha value is -1.65. The van der Waals surface area contributed by atoms with Gasteiger partial charge < -0.3 is 9.84 Å². The van der Waals surface area contributed by atoms with Crippen molar-refractivity contribution in [3.8, 4) is 5.88 Å². The van der Waals surface area contributed by atoms with Crippen LogP contribution < -0.4 is 4.74 Å². The number of pyridine rings is 1. The number of alkyl halides is 1. The number of methoxy groups -OCH3 is 1. The van der Waals surface area contributed by atoms with E-state index in [0.717, 1.165) is 0 Å². The van der Waals surface area contributed by atoms with Crippen LogP contribution in [-0.2, 0) is 11.2 Å². The maximum atomic E-state index is 12.8. The van der Waals surface area contributed by atoms with Gasteiger partial charge >= 0.3 is 5.97 Å². The molecule has 1 heterocycles. The largest absolute Gasteiger partial charge is 0.481 e. The quantitative estimate of drug-likeness (QED) is 0.787. The van der Waals surface area contributed by atoms with Gasteiger partial charge in [-0.05, 0) is 6.07 Å². The summed E-state index contributed by atoms with van der Waals surface area (Å²) in [5.41, 5.74) is 0.360. The molecule has 0 fully saturated rings. The lowest BCUT2D eigenvalue weighted by molar-refractivity contribution is -0.142. The highest BCUT2D eigenvalue weighted by atomic mass is 19.1. The summed E-state index contributed by atoms with van der Waals surface area (Å²) in [6.07, 6.45) is -2.17. The molecule has 1 aromatic heterocycles. The monoisotopic (exact) mass is 199 g/mol. The van der Waals surface area contributed by atoms with Crippen molar-refractivity contribution in [3.63, 3.8) is 0 Å². The Kier molecular flexibility index (Phi) is 3.39. The number of aromatic nitrogens is 1. The van der Waals surface area contributed by atoms with Crippen LogP contribution in [0.1, 0.15) is 5.69 Å². The van der Waals surface area contributed by atoms with Gasteiger partial charge in [0.1, 0.15) is 0 Å². The lowest BCUT2D eigenvalue weighted by Gasteiger charge is -2.04. The fraction of sp³-hybridized carbons (Fsp3) is 0.333. The number of ether oxygens (including phenoxy) is 1. The van der Waals surface area contributed by atoms with Crippen LogP contribution in [0.3, 0.4) is 0 Å². The molecule has 4 nitrogen and oxygen atoms in total. The maximum absolute atomic E-state index is 12.8. The normalized spacial score (nSPS) is 12.1. The highest BCUT2D eigenvalue weighted by molar-refractivity contribution is 5.72. The molecule has 1 unspecified atom stereocenters. The van der Waals surface area contributed by atoms with Crippen molar-refractivity contribution >= 4 is 5.97 Å². The molecular weight excluding hydrogens is 189 g/mol. The molecule has 5 heteroatoms. The number of halogens is 1. The summed E-state index contributed by atoms with van der Waals surface area (Å²) in [5, 5.41) is 8.34. The van der Waals surface area contributed by atoms with E-state index in [9.17, 15) is 9.18 Å². The molecule has 0 aliphatic carbocycles. The molecule has 0 saturated carbocycles. The minimum Gasteiger partial charge on any atom is -0.481 e. The van der Waals surface area contributed by atoms with E-state index < -0.39 is 12.1 Å². The lowest BCUT2D eigenvalue weighted by atomic mass is 10.2. The topological polar surface area (TPSA) is 59.4 Å². The van der Waals surface area contributed by atoms with Crippen molar-refractivity contribution < 1.29 is 19.0 Å². The number of rotatable bonds is 4. The molecule has 1 N–H and O–H groups in total. The number of aliphatic carboxylic acids is 1. The van der Waals surface area contributed by atoms with E-state index in [1.54, 1.807) is 18.2 Å². The number of carboxylic acids is 1. The van der Waals surface area contributed by atoms with Crippen molar-refractivity contribution in [1.29, 1.82) is 0 Å². The van der Waals surface area contributed by atoms with Gasteiger partial charge in [0.25, 0.3) is 0 Å². The minimum absolute atomic E-state index is 0.244. The van der Waals surface area contributed by atoms with Gasteiger partial charge in [-0.25, -0.2) is 14.2 Å². The molecule has 0 radical (unpaired) electrons. The molecule has 0 bridgehead atoms. The van der Waals surface area contributed by atoms with Crippen molar-refractivity contribution in [3.05, 3.63) is 23.9 Å². The summed E-state index contributed by atoms with van der Waals surface area (Å²) in [7, 11) is 1.44. The van der Waals surface area contributed by atoms with Crippen LogP contribution in [0.4, 0.5) is 4.39 Å². The van der Waals surface area contributed by atoms with E-state index in [1.807, 2.05) is 0 Å². The highest BCUT2D eigenvalue weighted by Gasteiger charge is 2.16. The van der Waals surface area contributed by atoms with Crippen LogP contribution in [0.5, 0.6) is 5.88 Å². The van der Waals surface area contributed by atoms with Crippen molar-refractivity contribution in [2.24, 2.45) is 0 Å². The van der Waals surface area contributed by atoms with E-state index in [4.69, 9.17) is 9.84 Å². The number of carbonyl (C=O) groups is 1. The SMILES string of the molecule is COc1cccc(CC(F)C(=O)O)n1. The van der Waals surface area contributed by atoms with Crippen molar-refractivity contribution in [1.82, 2.24) is 4.98 Å². The first-order valence-electron chi connectivity index (χ1n) is 4.00. The molecule has 1 rings (SSSR count). The summed E-state index contributed by atoms with van der Waals surface area (Å²) >= 11 is 0. The van der Waals surface area contributed by atoms with E-state index in [2.05, 4.69) is 4.98 Å². The summed E-state index contributed by atoms with van der Waals surface area (Å²) in [4.78, 5) is 14.1. The number of carboxylic acid groups (broad SMARTS) is 1. The molecule has 0 aliphatic heterocycles. The Morgan fingerprint density at radius 1 is 1.71 bits per heavy atom. The Balaban J connectivity index is 2.71. The molecule has 0 aromatic carbocycles.